The molecule has 0 spiro atoms. The second-order valence-electron chi connectivity index (χ2n) is 6.64. The molecule has 23 heavy (non-hydrogen) atoms. The van der Waals surface area contributed by atoms with Gasteiger partial charge in [0.05, 0.1) is 0 Å². The third-order valence-corrected chi connectivity index (χ3v) is 4.37. The predicted octanol–water partition coefficient (Wildman–Crippen LogP) is 1.56. The number of hydrogen-bond donors (Lipinski definition) is 2. The fourth-order valence-electron chi connectivity index (χ4n) is 3.10. The Bertz CT molecular complexity index is 557. The van der Waals surface area contributed by atoms with Gasteiger partial charge < -0.3 is 16.0 Å². The van der Waals surface area contributed by atoms with Crippen molar-refractivity contribution in [3.63, 3.8) is 0 Å². The number of amides is 2. The van der Waals surface area contributed by atoms with Crippen LogP contribution >= 0.6 is 0 Å². The minimum Gasteiger partial charge on any atom is -0.356 e. The monoisotopic (exact) mass is 317 g/mol. The fourth-order valence-corrected chi connectivity index (χ4v) is 3.10. The summed E-state index contributed by atoms with van der Waals surface area (Å²) in [5, 5.41) is 2.97. The summed E-state index contributed by atoms with van der Waals surface area (Å²) in [5.74, 6) is 0.532. The lowest BCUT2D eigenvalue weighted by molar-refractivity contribution is -0.121. The van der Waals surface area contributed by atoms with Crippen molar-refractivity contribution >= 4 is 11.8 Å². The van der Waals surface area contributed by atoms with Crippen LogP contribution in [0.4, 0.5) is 0 Å². The molecule has 1 aromatic rings. The van der Waals surface area contributed by atoms with Crippen molar-refractivity contribution in [2.45, 2.75) is 38.1 Å². The van der Waals surface area contributed by atoms with Gasteiger partial charge in [-0.25, -0.2) is 0 Å². The SMILES string of the molecule is CN(C)C(=O)c1cccc(CCNC(=O)C[C@@H]2CC[C@H](N)C2)c1. The van der Waals surface area contributed by atoms with Gasteiger partial charge in [0.2, 0.25) is 5.91 Å². The molecule has 0 unspecified atom stereocenters. The molecule has 1 aliphatic rings. The Hall–Kier alpha value is -1.88. The zero-order valence-corrected chi connectivity index (χ0v) is 14.0. The van der Waals surface area contributed by atoms with E-state index in [-0.39, 0.29) is 17.9 Å². The normalized spacial score (nSPS) is 20.3. The van der Waals surface area contributed by atoms with Crippen molar-refractivity contribution in [1.82, 2.24) is 10.2 Å². The third kappa shape index (κ3) is 5.36. The maximum atomic E-state index is 11.9. The van der Waals surface area contributed by atoms with E-state index in [0.717, 1.165) is 31.2 Å². The van der Waals surface area contributed by atoms with Gasteiger partial charge in [0.1, 0.15) is 0 Å². The van der Waals surface area contributed by atoms with Crippen molar-refractivity contribution in [3.8, 4) is 0 Å². The topological polar surface area (TPSA) is 75.4 Å². The maximum Gasteiger partial charge on any atom is 0.253 e. The summed E-state index contributed by atoms with van der Waals surface area (Å²) >= 11 is 0. The van der Waals surface area contributed by atoms with Crippen LogP contribution in [0, 0.1) is 5.92 Å². The van der Waals surface area contributed by atoms with Crippen molar-refractivity contribution in [3.05, 3.63) is 35.4 Å². The number of rotatable bonds is 6. The maximum absolute atomic E-state index is 11.9. The molecule has 1 saturated carbocycles. The zero-order chi connectivity index (χ0) is 16.8. The minimum absolute atomic E-state index is 0.00606. The van der Waals surface area contributed by atoms with Gasteiger partial charge in [0.15, 0.2) is 0 Å². The van der Waals surface area contributed by atoms with Crippen LogP contribution in [0.1, 0.15) is 41.6 Å². The van der Waals surface area contributed by atoms with E-state index in [0.29, 0.717) is 24.4 Å². The highest BCUT2D eigenvalue weighted by molar-refractivity contribution is 5.94. The Morgan fingerprint density at radius 1 is 1.30 bits per heavy atom. The number of benzene rings is 1. The Balaban J connectivity index is 1.76. The van der Waals surface area contributed by atoms with Crippen LogP contribution in [-0.2, 0) is 11.2 Å². The molecule has 0 aromatic heterocycles. The molecule has 0 bridgehead atoms. The quantitative estimate of drug-likeness (QED) is 0.836. The molecule has 1 fully saturated rings. The predicted molar refractivity (Wildman–Crippen MR) is 91.1 cm³/mol. The molecule has 2 amide bonds. The van der Waals surface area contributed by atoms with Gasteiger partial charge in [0.25, 0.3) is 5.91 Å². The van der Waals surface area contributed by atoms with E-state index in [1.807, 2.05) is 24.3 Å². The first-order valence-corrected chi connectivity index (χ1v) is 8.28. The van der Waals surface area contributed by atoms with Gasteiger partial charge in [-0.05, 0) is 49.3 Å². The first-order valence-electron chi connectivity index (χ1n) is 8.28. The number of carbonyl (C=O) groups is 2. The highest BCUT2D eigenvalue weighted by atomic mass is 16.2. The zero-order valence-electron chi connectivity index (χ0n) is 14.0. The van der Waals surface area contributed by atoms with Crippen LogP contribution in [0.5, 0.6) is 0 Å². The van der Waals surface area contributed by atoms with Gasteiger partial charge in [-0.2, -0.15) is 0 Å². The molecular weight excluding hydrogens is 290 g/mol. The standard InChI is InChI=1S/C18H27N3O2/c1-21(2)18(23)15-5-3-4-13(10-15)8-9-20-17(22)12-14-6-7-16(19)11-14/h3-5,10,14,16H,6-9,11-12,19H2,1-2H3,(H,20,22)/t14-,16+/m1/s1. The van der Waals surface area contributed by atoms with E-state index in [1.54, 1.807) is 19.0 Å². The van der Waals surface area contributed by atoms with E-state index in [1.165, 1.54) is 0 Å². The van der Waals surface area contributed by atoms with Gasteiger partial charge in [-0.1, -0.05) is 12.1 Å². The molecule has 0 saturated heterocycles. The second kappa shape index (κ2) is 8.11. The number of hydrogen-bond acceptors (Lipinski definition) is 3. The molecular formula is C18H27N3O2. The van der Waals surface area contributed by atoms with Gasteiger partial charge >= 0.3 is 0 Å². The van der Waals surface area contributed by atoms with Crippen molar-refractivity contribution < 1.29 is 9.59 Å². The van der Waals surface area contributed by atoms with Crippen LogP contribution in [0.25, 0.3) is 0 Å². The molecule has 3 N–H and O–H groups in total. The molecule has 1 aliphatic carbocycles. The molecule has 1 aromatic carbocycles. The first-order chi connectivity index (χ1) is 11.0. The van der Waals surface area contributed by atoms with Crippen LogP contribution in [-0.4, -0.2) is 43.4 Å². The molecule has 2 rings (SSSR count). The van der Waals surface area contributed by atoms with Crippen molar-refractivity contribution in [2.75, 3.05) is 20.6 Å². The summed E-state index contributed by atoms with van der Waals surface area (Å²) in [5.41, 5.74) is 7.61. The molecule has 2 atom stereocenters. The summed E-state index contributed by atoms with van der Waals surface area (Å²) in [7, 11) is 3.48. The fraction of sp³-hybridized carbons (Fsp3) is 0.556. The molecule has 0 radical (unpaired) electrons. The van der Waals surface area contributed by atoms with Crippen LogP contribution < -0.4 is 11.1 Å². The first kappa shape index (κ1) is 17.5. The Morgan fingerprint density at radius 3 is 2.74 bits per heavy atom. The largest absolute Gasteiger partial charge is 0.356 e. The lowest BCUT2D eigenvalue weighted by Gasteiger charge is -2.12. The summed E-state index contributed by atoms with van der Waals surface area (Å²) in [6.07, 6.45) is 4.35. The number of nitrogens with two attached hydrogens (primary N) is 1. The van der Waals surface area contributed by atoms with Gasteiger partial charge in [-0.3, -0.25) is 9.59 Å². The minimum atomic E-state index is -0.00606. The second-order valence-corrected chi connectivity index (χ2v) is 6.64. The molecule has 0 aliphatic heterocycles. The highest BCUT2D eigenvalue weighted by Crippen LogP contribution is 2.26. The van der Waals surface area contributed by atoms with Crippen LogP contribution in [0.15, 0.2) is 24.3 Å². The molecule has 126 valence electrons. The summed E-state index contributed by atoms with van der Waals surface area (Å²) < 4.78 is 0. The van der Waals surface area contributed by atoms with E-state index >= 15 is 0 Å². The lowest BCUT2D eigenvalue weighted by Crippen LogP contribution is -2.27. The van der Waals surface area contributed by atoms with E-state index in [2.05, 4.69) is 5.32 Å². The molecule has 0 heterocycles. The highest BCUT2D eigenvalue weighted by Gasteiger charge is 2.23. The van der Waals surface area contributed by atoms with Crippen LogP contribution in [0.3, 0.4) is 0 Å². The number of nitrogens with zero attached hydrogens (tertiary/aromatic N) is 1. The average molecular weight is 317 g/mol. The molecule has 5 heteroatoms. The lowest BCUT2D eigenvalue weighted by atomic mass is 10.0. The smallest absolute Gasteiger partial charge is 0.253 e. The number of carbonyl (C=O) groups excluding carboxylic acids is 2. The van der Waals surface area contributed by atoms with E-state index < -0.39 is 0 Å². The summed E-state index contributed by atoms with van der Waals surface area (Å²) in [6, 6.07) is 7.84. The molecule has 5 nitrogen and oxygen atoms in total. The Morgan fingerprint density at radius 2 is 2.09 bits per heavy atom. The third-order valence-electron chi connectivity index (χ3n) is 4.37. The average Bonchev–Trinajstić information content (AvgIpc) is 2.91. The van der Waals surface area contributed by atoms with Gasteiger partial charge in [-0.15, -0.1) is 0 Å². The van der Waals surface area contributed by atoms with E-state index in [4.69, 9.17) is 5.73 Å². The van der Waals surface area contributed by atoms with Crippen molar-refractivity contribution in [2.24, 2.45) is 11.7 Å². The van der Waals surface area contributed by atoms with Crippen LogP contribution in [0.2, 0.25) is 0 Å². The Kier molecular flexibility index (Phi) is 6.16. The summed E-state index contributed by atoms with van der Waals surface area (Å²) in [6.45, 7) is 0.594. The van der Waals surface area contributed by atoms with Gasteiger partial charge in [0, 0.05) is 38.7 Å². The summed E-state index contributed by atoms with van der Waals surface area (Å²) in [4.78, 5) is 25.5. The van der Waals surface area contributed by atoms with Crippen molar-refractivity contribution in [1.29, 1.82) is 0 Å². The Labute approximate surface area is 138 Å². The van der Waals surface area contributed by atoms with E-state index in [9.17, 15) is 9.59 Å². The number of nitrogens with one attached hydrogen (secondary N) is 1.